The molecule has 2 atom stereocenters. The van der Waals surface area contributed by atoms with E-state index in [0.29, 0.717) is 56.9 Å². The number of fused-ring (bicyclic) bond motifs is 1. The second-order valence-corrected chi connectivity index (χ2v) is 21.5. The van der Waals surface area contributed by atoms with E-state index in [1.54, 1.807) is 36.4 Å². The number of benzene rings is 1. The zero-order valence-corrected chi connectivity index (χ0v) is 32.1. The normalized spacial score (nSPS) is 18.8. The maximum atomic E-state index is 14.1. The van der Waals surface area contributed by atoms with Gasteiger partial charge in [0.15, 0.2) is 11.5 Å². The first-order chi connectivity index (χ1) is 24.2. The topological polar surface area (TPSA) is 132 Å². The van der Waals surface area contributed by atoms with E-state index in [2.05, 4.69) is 48.7 Å². The molecule has 0 N–H and O–H groups in total. The molecule has 3 amide bonds. The summed E-state index contributed by atoms with van der Waals surface area (Å²) in [6.45, 7) is 19.9. The van der Waals surface area contributed by atoms with Gasteiger partial charge in [0, 0.05) is 51.6 Å². The zero-order valence-electron chi connectivity index (χ0n) is 31.1. The van der Waals surface area contributed by atoms with Crippen molar-refractivity contribution in [3.8, 4) is 22.5 Å². The van der Waals surface area contributed by atoms with Crippen LogP contribution in [0.4, 0.5) is 15.4 Å². The van der Waals surface area contributed by atoms with E-state index in [-0.39, 0.29) is 24.0 Å². The summed E-state index contributed by atoms with van der Waals surface area (Å²) in [6, 6.07) is 10.3. The second-order valence-electron chi connectivity index (χ2n) is 15.9. The van der Waals surface area contributed by atoms with E-state index in [1.807, 2.05) is 57.3 Å². The van der Waals surface area contributed by atoms with E-state index in [9.17, 15) is 9.59 Å². The molecule has 2 unspecified atom stereocenters. The van der Waals surface area contributed by atoms with Gasteiger partial charge in [-0.3, -0.25) is 9.80 Å². The third-order valence-electron chi connectivity index (χ3n) is 9.08. The molecule has 2 aliphatic rings. The number of rotatable bonds is 11. The minimum atomic E-state index is -1.15. The van der Waals surface area contributed by atoms with Gasteiger partial charge in [0.25, 0.3) is 0 Å². The predicted molar refractivity (Wildman–Crippen MR) is 197 cm³/mol. The summed E-state index contributed by atoms with van der Waals surface area (Å²) in [5.74, 6) is 1.34. The summed E-state index contributed by atoms with van der Waals surface area (Å²) in [6.07, 6.45) is 4.93. The molecule has 274 valence electrons. The van der Waals surface area contributed by atoms with E-state index >= 15 is 0 Å². The predicted octanol–water partition coefficient (Wildman–Crippen LogP) is 5.87. The molecule has 14 nitrogen and oxygen atoms in total. The van der Waals surface area contributed by atoms with Crippen molar-refractivity contribution in [3.05, 3.63) is 49.1 Å². The minimum absolute atomic E-state index is 0.115. The summed E-state index contributed by atoms with van der Waals surface area (Å²) in [4.78, 5) is 41.9. The number of aromatic nitrogens is 6. The fraction of sp³-hybridized carbons (Fsp3) is 0.556. The molecule has 3 aromatic heterocycles. The number of nitrogens with zero attached hydrogens (tertiary/aromatic N) is 9. The minimum Gasteiger partial charge on any atom is -0.444 e. The molecular formula is C36H51N9O5Si. The van der Waals surface area contributed by atoms with Gasteiger partial charge in [0.05, 0.1) is 31.5 Å². The quantitative estimate of drug-likeness (QED) is 0.138. The Morgan fingerprint density at radius 1 is 1.10 bits per heavy atom. The van der Waals surface area contributed by atoms with Crippen molar-refractivity contribution in [2.75, 3.05) is 44.4 Å². The van der Waals surface area contributed by atoms with Gasteiger partial charge in [0.1, 0.15) is 24.5 Å². The molecule has 0 aliphatic carbocycles. The van der Waals surface area contributed by atoms with Crippen molar-refractivity contribution in [2.24, 2.45) is 5.92 Å². The number of carbonyl (C=O) groups is 2. The lowest BCUT2D eigenvalue weighted by Crippen LogP contribution is -2.55. The molecular weight excluding hydrogens is 667 g/mol. The van der Waals surface area contributed by atoms with Crippen molar-refractivity contribution in [2.45, 2.75) is 84.7 Å². The van der Waals surface area contributed by atoms with Crippen LogP contribution in [-0.2, 0) is 20.9 Å². The number of hydrogen-bond donors (Lipinski definition) is 0. The number of carbonyl (C=O) groups excluding carboxylic acids is 2. The van der Waals surface area contributed by atoms with Crippen LogP contribution in [0.25, 0.3) is 28.2 Å². The molecule has 4 aromatic rings. The first-order valence-corrected chi connectivity index (χ1v) is 21.5. The van der Waals surface area contributed by atoms with Gasteiger partial charge in [-0.1, -0.05) is 57.8 Å². The maximum Gasteiger partial charge on any atom is 0.410 e. The van der Waals surface area contributed by atoms with E-state index < -0.39 is 19.8 Å². The number of hydrogen-bond acceptors (Lipinski definition) is 9. The van der Waals surface area contributed by atoms with Gasteiger partial charge >= 0.3 is 12.1 Å². The van der Waals surface area contributed by atoms with Gasteiger partial charge in [-0.25, -0.2) is 28.8 Å². The molecule has 51 heavy (non-hydrogen) atoms. The van der Waals surface area contributed by atoms with Crippen LogP contribution >= 0.6 is 0 Å². The number of anilines is 1. The Labute approximate surface area is 300 Å². The first-order valence-electron chi connectivity index (χ1n) is 17.7. The van der Waals surface area contributed by atoms with E-state index in [4.69, 9.17) is 19.2 Å². The van der Waals surface area contributed by atoms with Crippen LogP contribution in [0.2, 0.25) is 25.7 Å². The molecule has 0 spiro atoms. The monoisotopic (exact) mass is 717 g/mol. The van der Waals surface area contributed by atoms with Crippen molar-refractivity contribution in [1.82, 2.24) is 39.2 Å². The molecule has 1 aromatic carbocycles. The molecule has 0 radical (unpaired) electrons. The van der Waals surface area contributed by atoms with Gasteiger partial charge in [0.2, 0.25) is 0 Å². The molecule has 5 heterocycles. The van der Waals surface area contributed by atoms with Crippen molar-refractivity contribution in [3.63, 3.8) is 0 Å². The smallest absolute Gasteiger partial charge is 0.410 e. The lowest BCUT2D eigenvalue weighted by Gasteiger charge is -2.38. The third kappa shape index (κ3) is 8.59. The highest BCUT2D eigenvalue weighted by Gasteiger charge is 2.43. The van der Waals surface area contributed by atoms with Crippen LogP contribution in [0.15, 0.2) is 49.1 Å². The molecule has 2 saturated heterocycles. The molecule has 0 saturated carbocycles. The van der Waals surface area contributed by atoms with Crippen molar-refractivity contribution < 1.29 is 23.8 Å². The Hall–Kier alpha value is -4.34. The van der Waals surface area contributed by atoms with Crippen LogP contribution in [0.5, 0.6) is 0 Å². The van der Waals surface area contributed by atoms with Crippen LogP contribution in [0.1, 0.15) is 34.6 Å². The Balaban J connectivity index is 1.18. The highest BCUT2D eigenvalue weighted by molar-refractivity contribution is 6.76. The molecule has 2 aliphatic heterocycles. The number of ether oxygens (including phenoxy) is 3. The lowest BCUT2D eigenvalue weighted by molar-refractivity contribution is -0.0364. The van der Waals surface area contributed by atoms with Gasteiger partial charge in [-0.2, -0.15) is 5.10 Å². The van der Waals surface area contributed by atoms with Crippen molar-refractivity contribution in [1.29, 1.82) is 0 Å². The fourth-order valence-corrected chi connectivity index (χ4v) is 7.01. The van der Waals surface area contributed by atoms with Crippen molar-refractivity contribution >= 4 is 31.7 Å². The summed E-state index contributed by atoms with van der Waals surface area (Å²) in [5.41, 5.74) is 2.69. The number of urea groups is 1. The number of amides is 3. The maximum absolute atomic E-state index is 14.1. The van der Waals surface area contributed by atoms with Crippen LogP contribution in [0, 0.1) is 5.92 Å². The zero-order chi connectivity index (χ0) is 36.5. The standard InChI is InChI=1S/C36H51N9O5Si/c1-25(2)30-21-41(20-28-22-48-16-15-43(28)35(47)50-36(3,4)5)34(46)45(30)31-13-14-44-33(39-31)29(19-38-44)26-9-11-27(12-10-26)32-37-23-42(40-32)24-49-17-18-51(6,7)8/h9-14,19,23,25,28,30H,15-18,20-22,24H2,1-8H3. The van der Waals surface area contributed by atoms with E-state index in [1.165, 1.54) is 0 Å². The van der Waals surface area contributed by atoms with Gasteiger partial charge in [-0.15, -0.1) is 5.10 Å². The summed E-state index contributed by atoms with van der Waals surface area (Å²) < 4.78 is 20.7. The van der Waals surface area contributed by atoms with E-state index in [0.717, 1.165) is 29.3 Å². The number of morpholine rings is 1. The average molecular weight is 718 g/mol. The Bertz CT molecular complexity index is 1830. The Morgan fingerprint density at radius 3 is 2.55 bits per heavy atom. The first kappa shape index (κ1) is 36.4. The fourth-order valence-electron chi connectivity index (χ4n) is 6.25. The molecule has 2 fully saturated rings. The average Bonchev–Trinajstić information content (AvgIpc) is 3.80. The SMILES string of the molecule is CC(C)C1CN(CC2COCCN2C(=O)OC(C)(C)C)C(=O)N1c1ccn2ncc(-c3ccc(-c4ncn(COCC[Si](C)(C)C)n4)cc3)c2n1. The van der Waals surface area contributed by atoms with Gasteiger partial charge < -0.3 is 19.1 Å². The lowest BCUT2D eigenvalue weighted by atomic mass is 10.0. The highest BCUT2D eigenvalue weighted by atomic mass is 28.3. The Kier molecular flexibility index (Phi) is 10.5. The van der Waals surface area contributed by atoms with Crippen LogP contribution in [-0.4, -0.2) is 117 Å². The summed E-state index contributed by atoms with van der Waals surface area (Å²) in [5, 5.41) is 9.15. The molecule has 6 rings (SSSR count). The van der Waals surface area contributed by atoms with Crippen LogP contribution < -0.4 is 4.90 Å². The van der Waals surface area contributed by atoms with Crippen LogP contribution in [0.3, 0.4) is 0 Å². The third-order valence-corrected chi connectivity index (χ3v) is 10.8. The summed E-state index contributed by atoms with van der Waals surface area (Å²) >= 11 is 0. The largest absolute Gasteiger partial charge is 0.444 e. The Morgan fingerprint density at radius 2 is 1.84 bits per heavy atom. The molecule has 0 bridgehead atoms. The molecule has 15 heteroatoms. The summed E-state index contributed by atoms with van der Waals surface area (Å²) in [7, 11) is -1.15. The second kappa shape index (κ2) is 14.7. The highest BCUT2D eigenvalue weighted by Crippen LogP contribution is 2.31. The van der Waals surface area contributed by atoms with Gasteiger partial charge in [-0.05, 0) is 44.4 Å².